The van der Waals surface area contributed by atoms with E-state index in [0.717, 1.165) is 49.3 Å². The van der Waals surface area contributed by atoms with E-state index in [0.29, 0.717) is 19.0 Å². The van der Waals surface area contributed by atoms with E-state index in [1.807, 2.05) is 23.1 Å². The standard InChI is InChI=1S/C19H26N2O3/c1-2-10-20-19(22)21(12-15-6-4-3-5-7-15)13-16-8-9-17-18(11-16)24-14-23-17/h3-4,8-9,11,15H,2,5-7,10,12-14H2,1H3,(H,20,22)/t15-/m0/s1. The number of amides is 2. The number of rotatable bonds is 6. The topological polar surface area (TPSA) is 50.8 Å². The maximum Gasteiger partial charge on any atom is 0.317 e. The van der Waals surface area contributed by atoms with Crippen molar-refractivity contribution in [2.75, 3.05) is 19.9 Å². The molecule has 2 amide bonds. The fourth-order valence-electron chi connectivity index (χ4n) is 3.16. The van der Waals surface area contributed by atoms with Crippen LogP contribution < -0.4 is 14.8 Å². The van der Waals surface area contributed by atoms with Gasteiger partial charge in [-0.2, -0.15) is 0 Å². The lowest BCUT2D eigenvalue weighted by Crippen LogP contribution is -2.42. The summed E-state index contributed by atoms with van der Waals surface area (Å²) >= 11 is 0. The Labute approximate surface area is 143 Å². The van der Waals surface area contributed by atoms with Crippen molar-refractivity contribution in [3.05, 3.63) is 35.9 Å². The van der Waals surface area contributed by atoms with Crippen molar-refractivity contribution in [3.63, 3.8) is 0 Å². The Balaban J connectivity index is 1.68. The van der Waals surface area contributed by atoms with Gasteiger partial charge in [-0.3, -0.25) is 0 Å². The van der Waals surface area contributed by atoms with E-state index < -0.39 is 0 Å². The third kappa shape index (κ3) is 4.22. The highest BCUT2D eigenvalue weighted by Gasteiger charge is 2.21. The molecule has 3 rings (SSSR count). The molecule has 0 unspecified atom stereocenters. The van der Waals surface area contributed by atoms with Crippen LogP contribution in [-0.2, 0) is 6.54 Å². The van der Waals surface area contributed by atoms with Crippen molar-refractivity contribution in [2.24, 2.45) is 5.92 Å². The van der Waals surface area contributed by atoms with Gasteiger partial charge < -0.3 is 19.7 Å². The highest BCUT2D eigenvalue weighted by atomic mass is 16.7. The average Bonchev–Trinajstić information content (AvgIpc) is 3.07. The molecule has 0 saturated carbocycles. The molecule has 1 aliphatic heterocycles. The number of nitrogens with zero attached hydrogens (tertiary/aromatic N) is 1. The second-order valence-corrected chi connectivity index (χ2v) is 6.45. The first-order valence-electron chi connectivity index (χ1n) is 8.82. The average molecular weight is 330 g/mol. The van der Waals surface area contributed by atoms with Gasteiger partial charge in [-0.25, -0.2) is 4.79 Å². The zero-order valence-electron chi connectivity index (χ0n) is 14.3. The van der Waals surface area contributed by atoms with Gasteiger partial charge in [0, 0.05) is 19.6 Å². The molecule has 0 fully saturated rings. The molecule has 5 nitrogen and oxygen atoms in total. The molecule has 1 N–H and O–H groups in total. The van der Waals surface area contributed by atoms with Crippen molar-refractivity contribution in [3.8, 4) is 11.5 Å². The Morgan fingerprint density at radius 1 is 1.29 bits per heavy atom. The highest BCUT2D eigenvalue weighted by Crippen LogP contribution is 2.33. The number of allylic oxidation sites excluding steroid dienone is 2. The minimum absolute atomic E-state index is 0.0177. The number of ether oxygens (including phenoxy) is 2. The lowest BCUT2D eigenvalue weighted by Gasteiger charge is -2.28. The quantitative estimate of drug-likeness (QED) is 0.809. The molecule has 1 aliphatic carbocycles. The third-order valence-electron chi connectivity index (χ3n) is 4.48. The molecule has 0 bridgehead atoms. The Hall–Kier alpha value is -2.17. The Bertz CT molecular complexity index is 600. The number of hydrogen-bond donors (Lipinski definition) is 1. The molecule has 1 heterocycles. The molecule has 0 spiro atoms. The largest absolute Gasteiger partial charge is 0.454 e. The first-order chi connectivity index (χ1) is 11.8. The number of carbonyl (C=O) groups is 1. The van der Waals surface area contributed by atoms with Gasteiger partial charge in [0.15, 0.2) is 11.5 Å². The van der Waals surface area contributed by atoms with Crippen LogP contribution in [0.1, 0.15) is 38.2 Å². The number of urea groups is 1. The van der Waals surface area contributed by atoms with E-state index in [1.165, 1.54) is 0 Å². The number of nitrogens with one attached hydrogen (secondary N) is 1. The zero-order chi connectivity index (χ0) is 16.8. The summed E-state index contributed by atoms with van der Waals surface area (Å²) in [5, 5.41) is 3.01. The highest BCUT2D eigenvalue weighted by molar-refractivity contribution is 5.74. The number of fused-ring (bicyclic) bond motifs is 1. The van der Waals surface area contributed by atoms with E-state index in [4.69, 9.17) is 9.47 Å². The SMILES string of the molecule is CCCNC(=O)N(Cc1ccc2c(c1)OCO2)C[C@H]1CC=CCC1. The third-order valence-corrected chi connectivity index (χ3v) is 4.48. The van der Waals surface area contributed by atoms with Crippen molar-refractivity contribution in [1.29, 1.82) is 0 Å². The molecule has 1 aromatic rings. The second-order valence-electron chi connectivity index (χ2n) is 6.45. The molecule has 5 heteroatoms. The molecule has 0 aromatic heterocycles. The van der Waals surface area contributed by atoms with Crippen LogP contribution in [0.4, 0.5) is 4.79 Å². The molecule has 2 aliphatic rings. The van der Waals surface area contributed by atoms with E-state index in [9.17, 15) is 4.79 Å². The normalized spacial score (nSPS) is 18.5. The van der Waals surface area contributed by atoms with Gasteiger partial charge in [-0.15, -0.1) is 0 Å². The summed E-state index contributed by atoms with van der Waals surface area (Å²) in [4.78, 5) is 14.5. The number of benzene rings is 1. The Morgan fingerprint density at radius 2 is 2.17 bits per heavy atom. The molecular formula is C19H26N2O3. The van der Waals surface area contributed by atoms with Crippen LogP contribution in [0, 0.1) is 5.92 Å². The van der Waals surface area contributed by atoms with Gasteiger partial charge in [0.25, 0.3) is 0 Å². The van der Waals surface area contributed by atoms with Gasteiger partial charge in [-0.1, -0.05) is 25.1 Å². The van der Waals surface area contributed by atoms with Crippen LogP contribution in [0.15, 0.2) is 30.4 Å². The predicted octanol–water partition coefficient (Wildman–Crippen LogP) is 3.69. The molecular weight excluding hydrogens is 304 g/mol. The van der Waals surface area contributed by atoms with Gasteiger partial charge >= 0.3 is 6.03 Å². The molecule has 0 radical (unpaired) electrons. The molecule has 24 heavy (non-hydrogen) atoms. The Kier molecular flexibility index (Phi) is 5.62. The lowest BCUT2D eigenvalue weighted by molar-refractivity contribution is 0.173. The van der Waals surface area contributed by atoms with Crippen molar-refractivity contribution < 1.29 is 14.3 Å². The summed E-state index contributed by atoms with van der Waals surface area (Å²) in [7, 11) is 0. The smallest absolute Gasteiger partial charge is 0.317 e. The van der Waals surface area contributed by atoms with Crippen molar-refractivity contribution >= 4 is 6.03 Å². The van der Waals surface area contributed by atoms with E-state index in [1.54, 1.807) is 0 Å². The van der Waals surface area contributed by atoms with Crippen LogP contribution in [-0.4, -0.2) is 30.8 Å². The van der Waals surface area contributed by atoms with E-state index >= 15 is 0 Å². The van der Waals surface area contributed by atoms with Gasteiger partial charge in [0.1, 0.15) is 0 Å². The van der Waals surface area contributed by atoms with E-state index in [2.05, 4.69) is 24.4 Å². The first-order valence-corrected chi connectivity index (χ1v) is 8.82. The number of carbonyl (C=O) groups excluding carboxylic acids is 1. The summed E-state index contributed by atoms with van der Waals surface area (Å²) in [6.07, 6.45) is 8.72. The summed E-state index contributed by atoms with van der Waals surface area (Å²) in [6.45, 7) is 4.42. The minimum Gasteiger partial charge on any atom is -0.454 e. The predicted molar refractivity (Wildman–Crippen MR) is 93.1 cm³/mol. The summed E-state index contributed by atoms with van der Waals surface area (Å²) in [5.41, 5.74) is 1.07. The van der Waals surface area contributed by atoms with Crippen LogP contribution in [0.5, 0.6) is 11.5 Å². The minimum atomic E-state index is 0.0177. The fourth-order valence-corrected chi connectivity index (χ4v) is 3.16. The van der Waals surface area contributed by atoms with Crippen LogP contribution in [0.3, 0.4) is 0 Å². The second kappa shape index (κ2) is 8.08. The molecule has 0 saturated heterocycles. The maximum atomic E-state index is 12.6. The Morgan fingerprint density at radius 3 is 2.96 bits per heavy atom. The van der Waals surface area contributed by atoms with Crippen LogP contribution in [0.2, 0.25) is 0 Å². The van der Waals surface area contributed by atoms with Gasteiger partial charge in [0.2, 0.25) is 6.79 Å². The summed E-state index contributed by atoms with van der Waals surface area (Å²) in [6, 6.07) is 5.92. The van der Waals surface area contributed by atoms with Gasteiger partial charge in [0.05, 0.1) is 0 Å². The maximum absolute atomic E-state index is 12.6. The number of hydrogen-bond acceptors (Lipinski definition) is 3. The fraction of sp³-hybridized carbons (Fsp3) is 0.526. The van der Waals surface area contributed by atoms with Crippen LogP contribution >= 0.6 is 0 Å². The molecule has 1 atom stereocenters. The monoisotopic (exact) mass is 330 g/mol. The van der Waals surface area contributed by atoms with Crippen molar-refractivity contribution in [2.45, 2.75) is 39.2 Å². The zero-order valence-corrected chi connectivity index (χ0v) is 14.3. The summed E-state index contributed by atoms with van der Waals surface area (Å²) < 4.78 is 10.8. The molecule has 130 valence electrons. The van der Waals surface area contributed by atoms with E-state index in [-0.39, 0.29) is 12.8 Å². The first kappa shape index (κ1) is 16.7. The van der Waals surface area contributed by atoms with Crippen molar-refractivity contribution in [1.82, 2.24) is 10.2 Å². The van der Waals surface area contributed by atoms with Gasteiger partial charge in [-0.05, 0) is 49.3 Å². The van der Waals surface area contributed by atoms with Crippen LogP contribution in [0.25, 0.3) is 0 Å². The lowest BCUT2D eigenvalue weighted by atomic mass is 9.94. The molecule has 1 aromatic carbocycles. The summed E-state index contributed by atoms with van der Waals surface area (Å²) in [5.74, 6) is 2.08.